The van der Waals surface area contributed by atoms with E-state index in [9.17, 15) is 34.2 Å². The lowest BCUT2D eigenvalue weighted by molar-refractivity contribution is -0.142. The van der Waals surface area contributed by atoms with E-state index in [1.807, 2.05) is 13.8 Å². The van der Waals surface area contributed by atoms with Gasteiger partial charge in [-0.25, -0.2) is 4.79 Å². The average Bonchev–Trinajstić information content (AvgIpc) is 3.02. The minimum absolute atomic E-state index is 0.0294. The van der Waals surface area contributed by atoms with Gasteiger partial charge in [-0.15, -0.1) is 0 Å². The Morgan fingerprint density at radius 3 is 1.66 bits per heavy atom. The van der Waals surface area contributed by atoms with Gasteiger partial charge in [0.15, 0.2) is 11.9 Å². The molecule has 0 aliphatic rings. The molecule has 0 radical (unpaired) electrons. The first kappa shape index (κ1) is 42.9. The summed E-state index contributed by atoms with van der Waals surface area (Å²) in [6.45, 7) is 7.37. The number of carboxylic acid groups (broad SMARTS) is 1. The van der Waals surface area contributed by atoms with Crippen LogP contribution in [0.5, 0.6) is 5.75 Å². The second-order valence-corrected chi connectivity index (χ2v) is 12.8. The summed E-state index contributed by atoms with van der Waals surface area (Å²) in [5, 5.41) is 29.7. The smallest absolute Gasteiger partial charge is 0.326 e. The Hall–Kier alpha value is -5.13. The van der Waals surface area contributed by atoms with E-state index < -0.39 is 65.7 Å². The highest BCUT2D eigenvalue weighted by atomic mass is 16.4. The van der Waals surface area contributed by atoms with Gasteiger partial charge in [0.05, 0.1) is 6.04 Å². The molecule has 0 aromatic heterocycles. The van der Waals surface area contributed by atoms with Crippen molar-refractivity contribution in [1.82, 2.24) is 21.3 Å². The Morgan fingerprint density at radius 1 is 0.700 bits per heavy atom. The number of hydrogen-bond acceptors (Lipinski definition) is 9. The third-order valence-corrected chi connectivity index (χ3v) is 7.45. The number of nitrogens with zero attached hydrogens (tertiary/aromatic N) is 2. The summed E-state index contributed by atoms with van der Waals surface area (Å²) >= 11 is 0. The molecule has 0 bridgehead atoms. The predicted molar refractivity (Wildman–Crippen MR) is 189 cm³/mol. The van der Waals surface area contributed by atoms with Gasteiger partial charge < -0.3 is 60.1 Å². The number of phenols is 1. The van der Waals surface area contributed by atoms with E-state index in [1.54, 1.807) is 26.0 Å². The van der Waals surface area contributed by atoms with Crippen LogP contribution < -0.4 is 49.9 Å². The Labute approximate surface area is 292 Å². The lowest BCUT2D eigenvalue weighted by Crippen LogP contribution is -2.59. The number of carbonyl (C=O) groups excluding carboxylic acids is 4. The maximum atomic E-state index is 13.7. The first-order chi connectivity index (χ1) is 23.4. The van der Waals surface area contributed by atoms with Gasteiger partial charge in [-0.3, -0.25) is 29.2 Å². The summed E-state index contributed by atoms with van der Waals surface area (Å²) in [7, 11) is 0. The van der Waals surface area contributed by atoms with Gasteiger partial charge in [-0.2, -0.15) is 0 Å². The summed E-state index contributed by atoms with van der Waals surface area (Å²) in [5.41, 5.74) is 28.3. The Bertz CT molecular complexity index is 1330. The van der Waals surface area contributed by atoms with Crippen molar-refractivity contribution in [3.8, 4) is 5.75 Å². The van der Waals surface area contributed by atoms with Crippen molar-refractivity contribution in [2.45, 2.75) is 96.4 Å². The maximum absolute atomic E-state index is 13.7. The Kier molecular flexibility index (Phi) is 18.7. The third-order valence-electron chi connectivity index (χ3n) is 7.45. The van der Waals surface area contributed by atoms with E-state index in [4.69, 9.17) is 28.7 Å². The second-order valence-electron chi connectivity index (χ2n) is 12.8. The molecule has 18 nitrogen and oxygen atoms in total. The number of aliphatic imine (C=N–C) groups is 2. The van der Waals surface area contributed by atoms with Crippen LogP contribution in [-0.4, -0.2) is 95.0 Å². The van der Waals surface area contributed by atoms with Crippen LogP contribution >= 0.6 is 0 Å². The maximum Gasteiger partial charge on any atom is 0.326 e. The number of guanidine groups is 2. The van der Waals surface area contributed by atoms with Crippen molar-refractivity contribution in [2.75, 3.05) is 13.1 Å². The minimum Gasteiger partial charge on any atom is -0.508 e. The van der Waals surface area contributed by atoms with E-state index >= 15 is 0 Å². The molecule has 50 heavy (non-hydrogen) atoms. The quantitative estimate of drug-likeness (QED) is 0.0358. The molecule has 0 fully saturated rings. The number of hydrogen-bond donors (Lipinski definition) is 11. The average molecular weight is 706 g/mol. The number of rotatable bonds is 22. The number of nitrogens with two attached hydrogens (primary N) is 5. The van der Waals surface area contributed by atoms with Gasteiger partial charge >= 0.3 is 5.97 Å². The summed E-state index contributed by atoms with van der Waals surface area (Å²) in [6, 6.07) is 0.535. The molecule has 1 aromatic carbocycles. The highest BCUT2D eigenvalue weighted by Gasteiger charge is 2.33. The number of amides is 4. The number of carboxylic acids is 1. The van der Waals surface area contributed by atoms with Crippen molar-refractivity contribution in [3.63, 3.8) is 0 Å². The predicted octanol–water partition coefficient (Wildman–Crippen LogP) is -1.90. The fourth-order valence-electron chi connectivity index (χ4n) is 4.82. The number of phenolic OH excluding ortho intramolecular Hbond substituents is 1. The molecule has 18 heteroatoms. The van der Waals surface area contributed by atoms with Crippen LogP contribution in [0, 0.1) is 11.8 Å². The van der Waals surface area contributed by atoms with Crippen LogP contribution in [0.1, 0.15) is 65.4 Å². The van der Waals surface area contributed by atoms with E-state index in [0.717, 1.165) is 0 Å². The summed E-state index contributed by atoms with van der Waals surface area (Å²) < 4.78 is 0. The summed E-state index contributed by atoms with van der Waals surface area (Å²) in [4.78, 5) is 73.2. The molecule has 0 aliphatic carbocycles. The van der Waals surface area contributed by atoms with E-state index in [0.29, 0.717) is 5.56 Å². The summed E-state index contributed by atoms with van der Waals surface area (Å²) in [5.74, 6) is -4.70. The highest BCUT2D eigenvalue weighted by molar-refractivity contribution is 5.95. The fraction of sp³-hybridized carbons (Fsp3) is 0.594. The normalized spacial score (nSPS) is 14.0. The lowest BCUT2D eigenvalue weighted by Gasteiger charge is -2.28. The number of aromatic hydroxyl groups is 1. The van der Waals surface area contributed by atoms with Gasteiger partial charge in [-0.05, 0) is 68.1 Å². The highest BCUT2D eigenvalue weighted by Crippen LogP contribution is 2.13. The van der Waals surface area contributed by atoms with Crippen molar-refractivity contribution in [2.24, 2.45) is 50.5 Å². The first-order valence-electron chi connectivity index (χ1n) is 16.5. The summed E-state index contributed by atoms with van der Waals surface area (Å²) in [6.07, 6.45) is 1.00. The second kappa shape index (κ2) is 21.8. The van der Waals surface area contributed by atoms with Gasteiger partial charge in [-0.1, -0.05) is 39.8 Å². The molecule has 0 spiro atoms. The standard InChI is InChI=1S/C32H55N11O7/c1-17(2)15-24(42-26(45)21(33)16-19-9-11-20(44)12-10-19)28(47)40-22(7-5-13-38-31(34)35)27(46)43-25(18(3)4)29(48)41-23(30(49)50)8-6-14-39-32(36)37/h9-12,17-18,21-25,44H,5-8,13-16,33H2,1-4H3,(H,40,47)(H,41,48)(H,42,45)(H,43,46)(H,49,50)(H4,34,35,38)(H4,36,37,39)/t21-,22-,23-,24-,25-/m0/s1. The molecule has 0 heterocycles. The molecule has 0 aliphatic heterocycles. The van der Waals surface area contributed by atoms with Crippen molar-refractivity contribution in [3.05, 3.63) is 29.8 Å². The Morgan fingerprint density at radius 2 is 1.18 bits per heavy atom. The van der Waals surface area contributed by atoms with Gasteiger partial charge in [0.25, 0.3) is 0 Å². The molecule has 1 aromatic rings. The number of benzene rings is 1. The minimum atomic E-state index is -1.28. The van der Waals surface area contributed by atoms with Crippen molar-refractivity contribution in [1.29, 1.82) is 0 Å². The van der Waals surface area contributed by atoms with Gasteiger partial charge in [0.2, 0.25) is 23.6 Å². The zero-order valence-corrected chi connectivity index (χ0v) is 29.2. The van der Waals surface area contributed by atoms with E-state index in [-0.39, 0.29) is 75.2 Å². The molecule has 0 saturated heterocycles. The molecular weight excluding hydrogens is 650 g/mol. The van der Waals surface area contributed by atoms with Gasteiger partial charge in [0.1, 0.15) is 29.9 Å². The molecule has 0 saturated carbocycles. The van der Waals surface area contributed by atoms with Crippen LogP contribution in [0.15, 0.2) is 34.3 Å². The molecule has 1 rings (SSSR count). The molecular formula is C32H55N11O7. The van der Waals surface area contributed by atoms with Crippen molar-refractivity contribution < 1.29 is 34.2 Å². The zero-order chi connectivity index (χ0) is 38.0. The monoisotopic (exact) mass is 705 g/mol. The van der Waals surface area contributed by atoms with Gasteiger partial charge in [0, 0.05) is 13.1 Å². The van der Waals surface area contributed by atoms with Crippen LogP contribution in [-0.2, 0) is 30.4 Å². The Balaban J connectivity index is 3.15. The number of nitrogens with one attached hydrogen (secondary N) is 4. The SMILES string of the molecule is CC(C)C[C@H](NC(=O)[C@@H](N)Cc1ccc(O)cc1)C(=O)N[C@@H](CCCN=C(N)N)C(=O)N[C@H](C(=O)N[C@@H](CCCN=C(N)N)C(=O)O)C(C)C. The zero-order valence-electron chi connectivity index (χ0n) is 29.2. The topological polar surface area (TPSA) is 329 Å². The van der Waals surface area contributed by atoms with Crippen molar-refractivity contribution >= 4 is 41.5 Å². The number of aliphatic carboxylic acids is 1. The molecule has 280 valence electrons. The van der Waals surface area contributed by atoms with Crippen LogP contribution in [0.25, 0.3) is 0 Å². The molecule has 0 unspecified atom stereocenters. The van der Waals surface area contributed by atoms with Crippen LogP contribution in [0.4, 0.5) is 0 Å². The lowest BCUT2D eigenvalue weighted by atomic mass is 9.99. The molecule has 16 N–H and O–H groups in total. The first-order valence-corrected chi connectivity index (χ1v) is 16.5. The van der Waals surface area contributed by atoms with E-state index in [1.165, 1.54) is 12.1 Å². The molecule has 5 atom stereocenters. The van der Waals surface area contributed by atoms with Crippen LogP contribution in [0.3, 0.4) is 0 Å². The largest absolute Gasteiger partial charge is 0.508 e. The third kappa shape index (κ3) is 16.8. The molecule has 4 amide bonds. The number of carbonyl (C=O) groups is 5. The van der Waals surface area contributed by atoms with Crippen LogP contribution in [0.2, 0.25) is 0 Å². The van der Waals surface area contributed by atoms with E-state index in [2.05, 4.69) is 31.3 Å². The fourth-order valence-corrected chi connectivity index (χ4v) is 4.82.